The lowest BCUT2D eigenvalue weighted by Crippen LogP contribution is -2.50. The van der Waals surface area contributed by atoms with Crippen LogP contribution in [0.2, 0.25) is 72.5 Å². The molecule has 0 saturated heterocycles. The number of nitrogens with zero attached hydrogens (tertiary/aromatic N) is 1. The topological polar surface area (TPSA) is 3.24 Å². The summed E-state index contributed by atoms with van der Waals surface area (Å²) in [5.74, 6) is 0. The molecule has 0 radical (unpaired) electrons. The molecule has 1 aliphatic carbocycles. The zero-order valence-electron chi connectivity index (χ0n) is 54.6. The minimum Gasteiger partial charge on any atom is -0.242 e. The number of hydrogen-bond acceptors (Lipinski definition) is 1. The summed E-state index contributed by atoms with van der Waals surface area (Å²) in [4.78, 5) is 0. The maximum absolute atomic E-state index is 3.39. The molecular formula is C73H125NP2Si4. The molecule has 0 spiro atoms. The van der Waals surface area contributed by atoms with E-state index in [1.54, 1.807) is 42.0 Å². The second-order valence-electron chi connectivity index (χ2n) is 26.0. The molecule has 1 nitrogen and oxygen atoms in total. The van der Waals surface area contributed by atoms with Crippen LogP contribution in [0.1, 0.15) is 237 Å². The van der Waals surface area contributed by atoms with E-state index < -0.39 is 48.4 Å². The molecule has 0 aliphatic heterocycles. The van der Waals surface area contributed by atoms with Crippen LogP contribution in [-0.2, 0) is 0 Å². The van der Waals surface area contributed by atoms with Crippen LogP contribution >= 0.6 is 16.1 Å². The van der Waals surface area contributed by atoms with Crippen LogP contribution in [0.15, 0.2) is 97.1 Å². The molecule has 0 N–H and O–H groups in total. The molecule has 1 saturated carbocycles. The van der Waals surface area contributed by atoms with E-state index in [0.717, 1.165) is 0 Å². The van der Waals surface area contributed by atoms with Crippen LogP contribution in [-0.4, -0.2) is 42.8 Å². The second-order valence-corrected chi connectivity index (χ2v) is 49.1. The first-order valence-electron chi connectivity index (χ1n) is 34.9. The maximum Gasteiger partial charge on any atom is 0.0867 e. The number of unbranched alkanes of at least 4 members (excludes halogenated alkanes) is 6. The molecule has 1 aliphatic rings. The highest BCUT2D eigenvalue weighted by molar-refractivity contribution is 7.84. The van der Waals surface area contributed by atoms with E-state index in [2.05, 4.69) is 185 Å². The highest BCUT2D eigenvalue weighted by atomic mass is 31.2. The Kier molecular flexibility index (Phi) is 32.2. The van der Waals surface area contributed by atoms with Gasteiger partial charge in [0.2, 0.25) is 0 Å². The molecule has 0 amide bonds. The fraction of sp³-hybridized carbons (Fsp3) is 0.671. The molecule has 0 unspecified atom stereocenters. The molecule has 80 heavy (non-hydrogen) atoms. The predicted octanol–water partition coefficient (Wildman–Crippen LogP) is 21.0. The van der Waals surface area contributed by atoms with E-state index in [4.69, 9.17) is 0 Å². The summed E-state index contributed by atoms with van der Waals surface area (Å²) in [6, 6.07) is 61.7. The molecule has 0 bridgehead atoms. The Morgan fingerprint density at radius 1 is 0.300 bits per heavy atom. The first kappa shape index (κ1) is 69.3. The first-order valence-corrected chi connectivity index (χ1v) is 48.0. The monoisotopic (exact) mass is 1190 g/mol. The fourth-order valence-electron chi connectivity index (χ4n) is 15.7. The molecule has 0 atom stereocenters. The molecule has 0 aromatic heterocycles. The number of hydrogen-bond donors (Lipinski definition) is 0. The highest BCUT2D eigenvalue weighted by Crippen LogP contribution is 2.58. The molecule has 4 aromatic rings. The van der Waals surface area contributed by atoms with Crippen molar-refractivity contribution in [3.63, 3.8) is 0 Å². The van der Waals surface area contributed by atoms with Crippen molar-refractivity contribution in [2.75, 3.05) is 0 Å². The van der Waals surface area contributed by atoms with Crippen LogP contribution in [0.4, 0.5) is 0 Å². The van der Waals surface area contributed by atoms with Crippen molar-refractivity contribution in [3.8, 4) is 0 Å². The zero-order valence-corrected chi connectivity index (χ0v) is 60.4. The highest BCUT2D eigenvalue weighted by Gasteiger charge is 2.42. The molecular weight excluding hydrogens is 1070 g/mol. The molecule has 7 heteroatoms. The van der Waals surface area contributed by atoms with Crippen LogP contribution < -0.4 is 42.0 Å². The van der Waals surface area contributed by atoms with Crippen molar-refractivity contribution in [3.05, 3.63) is 97.1 Å². The average molecular weight is 1190 g/mol. The molecule has 0 heterocycles. The summed E-state index contributed by atoms with van der Waals surface area (Å²) in [6.45, 7) is 29.5. The third-order valence-corrected chi connectivity index (χ3v) is 48.3. The van der Waals surface area contributed by atoms with Gasteiger partial charge in [0.15, 0.2) is 0 Å². The van der Waals surface area contributed by atoms with Gasteiger partial charge >= 0.3 is 0 Å². The Hall–Kier alpha value is -1.43. The van der Waals surface area contributed by atoms with Gasteiger partial charge in [-0.1, -0.05) is 415 Å². The third kappa shape index (κ3) is 18.5. The maximum atomic E-state index is 3.39. The van der Waals surface area contributed by atoms with Crippen molar-refractivity contribution in [1.29, 1.82) is 0 Å². The lowest BCUT2D eigenvalue weighted by atomic mass is 10.1. The summed E-state index contributed by atoms with van der Waals surface area (Å²) in [5.41, 5.74) is 0. The van der Waals surface area contributed by atoms with Crippen molar-refractivity contribution in [2.45, 2.75) is 316 Å². The molecule has 5 rings (SSSR count). The van der Waals surface area contributed by atoms with Gasteiger partial charge < -0.3 is 0 Å². The van der Waals surface area contributed by atoms with Crippen LogP contribution in [0.5, 0.6) is 0 Å². The van der Waals surface area contributed by atoms with Gasteiger partial charge in [-0.3, -0.25) is 0 Å². The summed E-state index contributed by atoms with van der Waals surface area (Å²) in [6.07, 6.45) is 32.1. The Morgan fingerprint density at radius 3 is 0.850 bits per heavy atom. The first-order chi connectivity index (χ1) is 39.1. The zero-order chi connectivity index (χ0) is 57.7. The van der Waals surface area contributed by atoms with Gasteiger partial charge in [0.1, 0.15) is 0 Å². The number of benzene rings is 4. The van der Waals surface area contributed by atoms with E-state index in [9.17, 15) is 0 Å². The standard InChI is InChI=1S/C73H125NP2Si4/c1-13-25-57-79(58-26-14-2,59-27-15-3)72-41-35-39-68(63-72)76(69-40-36-42-73(64-69)80(60-28-16-4,61-29-17-5)62-30-18-6)74(65-37-33-31-32-34-38-65)75(66-43-47-70(48-44-66)77(51-19-7,52-20-8)53-21-9)67-45-49-71(50-46-67)78(54-22-10,55-23-11)56-24-12/h35-36,39-50,63-65H,13-34,37-38,51-62H2,1-12H3. The fourth-order valence-corrected chi connectivity index (χ4v) is 44.4. The Bertz CT molecular complexity index is 2030. The SMILES string of the molecule is CCCC[Si](CCCC)(CCCC)c1cccc(P(c2cccc([Si](CCCC)(CCCC)CCCC)c2)N(C2CCCCCC2)P(c2ccc([Si](CCC)(CCC)CCC)cc2)c2ccc([Si](CCC)(CCC)CCC)cc2)c1. The van der Waals surface area contributed by atoms with Gasteiger partial charge in [-0.05, 0) is 34.1 Å². The summed E-state index contributed by atoms with van der Waals surface area (Å²) < 4.78 is 3.39. The van der Waals surface area contributed by atoms with Gasteiger partial charge in [-0.2, -0.15) is 0 Å². The Labute approximate surface area is 504 Å². The van der Waals surface area contributed by atoms with Crippen molar-refractivity contribution in [2.24, 2.45) is 0 Å². The summed E-state index contributed by atoms with van der Waals surface area (Å²) >= 11 is 0. The second kappa shape index (κ2) is 37.2. The quantitative estimate of drug-likeness (QED) is 0.0243. The average Bonchev–Trinajstić information content (AvgIpc) is 3.84. The Morgan fingerprint density at radius 2 is 0.575 bits per heavy atom. The van der Waals surface area contributed by atoms with Crippen molar-refractivity contribution in [1.82, 2.24) is 4.44 Å². The third-order valence-electron chi connectivity index (χ3n) is 19.8. The normalized spacial score (nSPS) is 14.2. The number of rotatable bonds is 41. The van der Waals surface area contributed by atoms with Gasteiger partial charge in [0.05, 0.1) is 32.3 Å². The lowest BCUT2D eigenvalue weighted by Gasteiger charge is -2.45. The summed E-state index contributed by atoms with van der Waals surface area (Å²) in [7, 11) is -8.74. The van der Waals surface area contributed by atoms with E-state index >= 15 is 0 Å². The van der Waals surface area contributed by atoms with Crippen LogP contribution in [0.3, 0.4) is 0 Å². The van der Waals surface area contributed by atoms with E-state index in [0.29, 0.717) is 6.04 Å². The largest absolute Gasteiger partial charge is 0.242 e. The van der Waals surface area contributed by atoms with Crippen molar-refractivity contribution < 1.29 is 0 Å². The van der Waals surface area contributed by atoms with E-state index in [1.165, 1.54) is 227 Å². The van der Waals surface area contributed by atoms with Gasteiger partial charge in [-0.15, -0.1) is 0 Å². The Balaban J connectivity index is 1.98. The summed E-state index contributed by atoms with van der Waals surface area (Å²) in [5, 5.41) is 13.7. The molecule has 1 fully saturated rings. The minimum absolute atomic E-state index is 0.536. The van der Waals surface area contributed by atoms with Gasteiger partial charge in [0, 0.05) is 22.2 Å². The van der Waals surface area contributed by atoms with Gasteiger partial charge in [-0.25, -0.2) is 4.44 Å². The lowest BCUT2D eigenvalue weighted by molar-refractivity contribution is 0.441. The van der Waals surface area contributed by atoms with Crippen molar-refractivity contribution >= 4 is 90.4 Å². The van der Waals surface area contributed by atoms with E-state index in [-0.39, 0.29) is 0 Å². The van der Waals surface area contributed by atoms with Crippen LogP contribution in [0.25, 0.3) is 0 Å². The van der Waals surface area contributed by atoms with E-state index in [1.807, 2.05) is 0 Å². The smallest absolute Gasteiger partial charge is 0.0867 e. The van der Waals surface area contributed by atoms with Gasteiger partial charge in [0.25, 0.3) is 0 Å². The molecule has 4 aromatic carbocycles. The van der Waals surface area contributed by atoms with Crippen LogP contribution in [0, 0.1) is 0 Å². The minimum atomic E-state index is -1.81. The predicted molar refractivity (Wildman–Crippen MR) is 382 cm³/mol. The molecule has 448 valence electrons.